The fourth-order valence-electron chi connectivity index (χ4n) is 3.15. The van der Waals surface area contributed by atoms with E-state index in [4.69, 9.17) is 5.26 Å². The van der Waals surface area contributed by atoms with Gasteiger partial charge < -0.3 is 5.11 Å². The van der Waals surface area contributed by atoms with Crippen molar-refractivity contribution in [3.63, 3.8) is 0 Å². The molecule has 0 spiro atoms. The number of carbonyl (C=O) groups is 1. The molecule has 0 aliphatic carbocycles. The number of aromatic hydroxyl groups is 1. The monoisotopic (exact) mass is 593 g/mol. The zero-order valence-corrected chi connectivity index (χ0v) is 20.7. The molecule has 0 bridgehead atoms. The number of hydrogen-bond donors (Lipinski definition) is 1. The van der Waals surface area contributed by atoms with Crippen LogP contribution in [0.1, 0.15) is 38.3 Å². The summed E-state index contributed by atoms with van der Waals surface area (Å²) < 4.78 is 149. The van der Waals surface area contributed by atoms with Gasteiger partial charge in [0.2, 0.25) is 5.88 Å². The Bertz CT molecular complexity index is 1410. The van der Waals surface area contributed by atoms with Crippen molar-refractivity contribution >= 4 is 5.78 Å². The molecule has 37 heavy (non-hydrogen) atoms. The summed E-state index contributed by atoms with van der Waals surface area (Å²) in [6.07, 6.45) is -11.4. The van der Waals surface area contributed by atoms with Gasteiger partial charge in [0.1, 0.15) is 28.7 Å². The number of ketones is 1. The summed E-state index contributed by atoms with van der Waals surface area (Å²) in [6.45, 7) is 0.800. The topological polar surface area (TPSA) is 78.9 Å². The number of aryl methyl sites for hydroxylation is 1. The van der Waals surface area contributed by atoms with E-state index in [9.17, 15) is 58.2 Å². The Kier molecular flexibility index (Phi) is 7.81. The molecule has 0 saturated carbocycles. The van der Waals surface area contributed by atoms with Gasteiger partial charge in [0, 0.05) is 25.0 Å². The maximum absolute atomic E-state index is 14.4. The first-order chi connectivity index (χ1) is 16.4. The third-order valence-corrected chi connectivity index (χ3v) is 4.77. The summed E-state index contributed by atoms with van der Waals surface area (Å²) in [5.41, 5.74) is -11.9. The van der Waals surface area contributed by atoms with Crippen LogP contribution in [0.4, 0.5) is 48.3 Å². The SMILES string of the molecule is Cc1nn(-c2c(F)c(F)c(C#N)c(F)c2F)c(O)c1C(=O)c1cc(C(F)(F)F)c(F)c(C(F)(F)F)c1.[Zn]. The second-order valence-electron chi connectivity index (χ2n) is 7.00. The van der Waals surface area contributed by atoms with Crippen LogP contribution < -0.4 is 0 Å². The van der Waals surface area contributed by atoms with E-state index in [1.807, 2.05) is 0 Å². The number of rotatable bonds is 3. The average molecular weight is 595 g/mol. The van der Waals surface area contributed by atoms with Crippen molar-refractivity contribution in [1.82, 2.24) is 9.78 Å². The fourth-order valence-corrected chi connectivity index (χ4v) is 3.15. The zero-order chi connectivity index (χ0) is 27.5. The van der Waals surface area contributed by atoms with E-state index < -0.39 is 92.3 Å². The zero-order valence-electron chi connectivity index (χ0n) is 17.7. The van der Waals surface area contributed by atoms with Gasteiger partial charge in [-0.25, -0.2) is 22.0 Å². The van der Waals surface area contributed by atoms with Crippen molar-refractivity contribution in [1.29, 1.82) is 5.26 Å². The minimum atomic E-state index is -5.70. The number of aromatic nitrogens is 2. The van der Waals surface area contributed by atoms with Crippen molar-refractivity contribution in [2.45, 2.75) is 19.3 Å². The number of alkyl halides is 6. The Labute approximate surface area is 210 Å². The molecule has 0 unspecified atom stereocenters. The van der Waals surface area contributed by atoms with Gasteiger partial charge in [-0.05, 0) is 19.1 Å². The summed E-state index contributed by atoms with van der Waals surface area (Å²) in [7, 11) is 0. The molecule has 0 aliphatic heterocycles. The van der Waals surface area contributed by atoms with Crippen LogP contribution in [0.25, 0.3) is 5.69 Å². The Balaban J connectivity index is 0.00000481. The molecule has 0 fully saturated rings. The predicted octanol–water partition coefficient (Wildman–Crippen LogP) is 5.72. The molecule has 0 radical (unpaired) electrons. The average Bonchev–Trinajstić information content (AvgIpc) is 3.04. The van der Waals surface area contributed by atoms with E-state index in [0.29, 0.717) is 0 Å². The van der Waals surface area contributed by atoms with Gasteiger partial charge in [0.05, 0.1) is 16.8 Å². The van der Waals surface area contributed by atoms with E-state index in [1.165, 1.54) is 0 Å². The summed E-state index contributed by atoms with van der Waals surface area (Å²) in [5, 5.41) is 22.2. The molecule has 2 aromatic carbocycles. The molecule has 17 heteroatoms. The quantitative estimate of drug-likeness (QED) is 0.182. The maximum Gasteiger partial charge on any atom is 0.419 e. The summed E-state index contributed by atoms with van der Waals surface area (Å²) in [5.74, 6) is -15.2. The molecule has 0 saturated heterocycles. The van der Waals surface area contributed by atoms with Crippen LogP contribution in [0, 0.1) is 47.3 Å². The smallest absolute Gasteiger partial charge is 0.419 e. The molecule has 3 rings (SSSR count). The van der Waals surface area contributed by atoms with Gasteiger partial charge in [-0.1, -0.05) is 0 Å². The predicted molar refractivity (Wildman–Crippen MR) is 94.3 cm³/mol. The molecule has 0 atom stereocenters. The third-order valence-electron chi connectivity index (χ3n) is 4.77. The number of carbonyl (C=O) groups excluding carboxylic acids is 1. The van der Waals surface area contributed by atoms with Gasteiger partial charge in [-0.3, -0.25) is 4.79 Å². The summed E-state index contributed by atoms with van der Waals surface area (Å²) >= 11 is 0. The van der Waals surface area contributed by atoms with Crippen LogP contribution in [0.2, 0.25) is 0 Å². The molecule has 0 aliphatic rings. The number of nitriles is 1. The number of halogens is 11. The Morgan fingerprint density at radius 1 is 0.892 bits per heavy atom. The Hall–Kier alpha value is -3.54. The van der Waals surface area contributed by atoms with E-state index in [1.54, 1.807) is 0 Å². The summed E-state index contributed by atoms with van der Waals surface area (Å²) in [6, 6.07) is 0.243. The van der Waals surface area contributed by atoms with E-state index in [-0.39, 0.29) is 36.3 Å². The van der Waals surface area contributed by atoms with Crippen LogP contribution in [0.15, 0.2) is 12.1 Å². The van der Waals surface area contributed by atoms with Gasteiger partial charge >= 0.3 is 12.4 Å². The molecule has 0 amide bonds. The molecule has 1 heterocycles. The first-order valence-electron chi connectivity index (χ1n) is 9.01. The Morgan fingerprint density at radius 2 is 1.32 bits per heavy atom. The maximum atomic E-state index is 14.4. The Morgan fingerprint density at radius 3 is 1.70 bits per heavy atom. The molecule has 1 N–H and O–H groups in total. The standard InChI is InChI=1S/C20H6F11N3O2.Zn/c1-5-10(17(35)6-2-8(19(26,27)28)13(23)9(3-6)20(29,30)31)18(36)34(33-5)16-14(24)11(21)7(4-32)12(22)15(16)25;/h2-3,36H,1H3;. The summed E-state index contributed by atoms with van der Waals surface area (Å²) in [4.78, 5) is 12.8. The van der Waals surface area contributed by atoms with Gasteiger partial charge in [-0.2, -0.15) is 41.4 Å². The van der Waals surface area contributed by atoms with Gasteiger partial charge in [0.25, 0.3) is 0 Å². The largest absolute Gasteiger partial charge is 0.493 e. The number of benzene rings is 2. The first kappa shape index (κ1) is 29.7. The first-order valence-corrected chi connectivity index (χ1v) is 9.01. The molecule has 3 aromatic rings. The van der Waals surface area contributed by atoms with Crippen molar-refractivity contribution in [2.75, 3.05) is 0 Å². The van der Waals surface area contributed by atoms with Crippen LogP contribution in [-0.2, 0) is 31.8 Å². The van der Waals surface area contributed by atoms with E-state index >= 15 is 0 Å². The number of nitrogens with zero attached hydrogens (tertiary/aromatic N) is 3. The van der Waals surface area contributed by atoms with Gasteiger partial charge in [-0.15, -0.1) is 0 Å². The van der Waals surface area contributed by atoms with Crippen molar-refractivity contribution in [2.24, 2.45) is 0 Å². The van der Waals surface area contributed by atoms with Crippen molar-refractivity contribution in [3.8, 4) is 17.6 Å². The van der Waals surface area contributed by atoms with Crippen molar-refractivity contribution < 1.29 is 77.7 Å². The fraction of sp³-hybridized carbons (Fsp3) is 0.150. The third kappa shape index (κ3) is 4.89. The minimum absolute atomic E-state index is 0. The molecule has 1 aromatic heterocycles. The van der Waals surface area contributed by atoms with Crippen LogP contribution >= 0.6 is 0 Å². The van der Waals surface area contributed by atoms with Crippen LogP contribution in [-0.4, -0.2) is 20.7 Å². The van der Waals surface area contributed by atoms with E-state index in [2.05, 4.69) is 5.10 Å². The second-order valence-corrected chi connectivity index (χ2v) is 7.00. The minimum Gasteiger partial charge on any atom is -0.493 e. The molecule has 192 valence electrons. The van der Waals surface area contributed by atoms with E-state index in [0.717, 1.165) is 13.0 Å². The normalized spacial score (nSPS) is 11.8. The van der Waals surface area contributed by atoms with Crippen LogP contribution in [0.3, 0.4) is 0 Å². The second kappa shape index (κ2) is 9.73. The number of hydrogen-bond acceptors (Lipinski definition) is 4. The van der Waals surface area contributed by atoms with Crippen LogP contribution in [0.5, 0.6) is 5.88 Å². The molecular weight excluding hydrogens is 589 g/mol. The van der Waals surface area contributed by atoms with Crippen molar-refractivity contribution in [3.05, 3.63) is 74.7 Å². The van der Waals surface area contributed by atoms with Gasteiger partial charge in [0.15, 0.2) is 29.1 Å². The molecule has 5 nitrogen and oxygen atoms in total. The molecular formula is C20H6F11N3O2Zn.